The van der Waals surface area contributed by atoms with Crippen LogP contribution >= 0.6 is 0 Å². The molecular formula is C20H17F3N4O. The number of fused-ring (bicyclic) bond motifs is 1. The first-order chi connectivity index (χ1) is 13.4. The maximum Gasteiger partial charge on any atom is 0.416 e. The molecule has 8 heteroatoms. The van der Waals surface area contributed by atoms with E-state index in [-0.39, 0.29) is 23.7 Å². The van der Waals surface area contributed by atoms with Gasteiger partial charge in [-0.05, 0) is 60.2 Å². The predicted molar refractivity (Wildman–Crippen MR) is 95.7 cm³/mol. The maximum atomic E-state index is 12.9. The SMILES string of the molecule is O=C(Cn1nnc(-c2cccc(C(F)(F)F)c2)n1)c1ccc2c(c1)CCCC2. The highest BCUT2D eigenvalue weighted by molar-refractivity contribution is 5.96. The molecule has 144 valence electrons. The molecular weight excluding hydrogens is 369 g/mol. The van der Waals surface area contributed by atoms with Crippen molar-refractivity contribution in [3.63, 3.8) is 0 Å². The zero-order valence-electron chi connectivity index (χ0n) is 14.9. The standard InChI is InChI=1S/C20H17F3N4O/c21-20(22,23)17-7-3-6-16(11-17)19-24-26-27(25-19)12-18(28)15-9-8-13-4-1-2-5-14(13)10-15/h3,6-11H,1-2,4-5,12H2. The summed E-state index contributed by atoms with van der Waals surface area (Å²) in [5, 5.41) is 11.7. The first-order valence-electron chi connectivity index (χ1n) is 9.00. The van der Waals surface area contributed by atoms with Crippen LogP contribution < -0.4 is 0 Å². The average Bonchev–Trinajstić information content (AvgIpc) is 3.15. The van der Waals surface area contributed by atoms with Crippen LogP contribution in [0.3, 0.4) is 0 Å². The highest BCUT2D eigenvalue weighted by Gasteiger charge is 2.30. The second-order valence-electron chi connectivity index (χ2n) is 6.84. The number of halogens is 3. The Morgan fingerprint density at radius 1 is 1.04 bits per heavy atom. The summed E-state index contributed by atoms with van der Waals surface area (Å²) in [5.41, 5.74) is 2.48. The number of carbonyl (C=O) groups excluding carboxylic acids is 1. The summed E-state index contributed by atoms with van der Waals surface area (Å²) in [6.07, 6.45) is -0.155. The molecule has 4 rings (SSSR count). The van der Waals surface area contributed by atoms with E-state index in [4.69, 9.17) is 0 Å². The van der Waals surface area contributed by atoms with Crippen molar-refractivity contribution in [1.29, 1.82) is 0 Å². The molecule has 1 aliphatic rings. The summed E-state index contributed by atoms with van der Waals surface area (Å²) < 4.78 is 38.6. The van der Waals surface area contributed by atoms with Crippen LogP contribution in [0.4, 0.5) is 13.2 Å². The first kappa shape index (κ1) is 18.3. The van der Waals surface area contributed by atoms with Crippen LogP contribution in [-0.2, 0) is 25.6 Å². The summed E-state index contributed by atoms with van der Waals surface area (Å²) in [4.78, 5) is 13.7. The molecule has 2 aromatic carbocycles. The summed E-state index contributed by atoms with van der Waals surface area (Å²) in [6.45, 7) is -0.120. The molecule has 0 atom stereocenters. The normalized spacial score (nSPS) is 14.0. The third-order valence-electron chi connectivity index (χ3n) is 4.86. The summed E-state index contributed by atoms with van der Waals surface area (Å²) in [6, 6.07) is 10.4. The van der Waals surface area contributed by atoms with Crippen LogP contribution in [0.15, 0.2) is 42.5 Å². The summed E-state index contributed by atoms with van der Waals surface area (Å²) in [5.74, 6) is -0.120. The van der Waals surface area contributed by atoms with E-state index in [9.17, 15) is 18.0 Å². The number of aromatic nitrogens is 4. The molecule has 0 saturated carbocycles. The fourth-order valence-electron chi connectivity index (χ4n) is 3.39. The number of carbonyl (C=O) groups is 1. The number of tetrazole rings is 1. The minimum Gasteiger partial charge on any atom is -0.292 e. The first-order valence-corrected chi connectivity index (χ1v) is 9.00. The van der Waals surface area contributed by atoms with E-state index in [0.29, 0.717) is 5.56 Å². The second-order valence-corrected chi connectivity index (χ2v) is 6.84. The van der Waals surface area contributed by atoms with Gasteiger partial charge < -0.3 is 0 Å². The monoisotopic (exact) mass is 386 g/mol. The Hall–Kier alpha value is -3.03. The Balaban J connectivity index is 1.51. The topological polar surface area (TPSA) is 60.7 Å². The Bertz CT molecular complexity index is 1030. The smallest absolute Gasteiger partial charge is 0.292 e. The lowest BCUT2D eigenvalue weighted by molar-refractivity contribution is -0.137. The van der Waals surface area contributed by atoms with Crippen LogP contribution in [0.1, 0.15) is 39.9 Å². The van der Waals surface area contributed by atoms with E-state index in [1.807, 2.05) is 12.1 Å². The lowest BCUT2D eigenvalue weighted by atomic mass is 9.90. The van der Waals surface area contributed by atoms with Crippen molar-refractivity contribution in [3.05, 3.63) is 64.7 Å². The number of benzene rings is 2. The van der Waals surface area contributed by atoms with Gasteiger partial charge in [0.15, 0.2) is 5.78 Å². The van der Waals surface area contributed by atoms with Gasteiger partial charge in [0.25, 0.3) is 0 Å². The van der Waals surface area contributed by atoms with Gasteiger partial charge >= 0.3 is 6.18 Å². The molecule has 28 heavy (non-hydrogen) atoms. The van der Waals surface area contributed by atoms with Gasteiger partial charge in [0.1, 0.15) is 6.54 Å². The highest BCUT2D eigenvalue weighted by atomic mass is 19.4. The van der Waals surface area contributed by atoms with E-state index in [0.717, 1.165) is 36.2 Å². The van der Waals surface area contributed by atoms with E-state index in [1.54, 1.807) is 6.07 Å². The molecule has 5 nitrogen and oxygen atoms in total. The zero-order valence-corrected chi connectivity index (χ0v) is 14.9. The molecule has 1 aromatic heterocycles. The Labute approximate surface area is 159 Å². The Morgan fingerprint density at radius 3 is 2.61 bits per heavy atom. The molecule has 0 aliphatic heterocycles. The van der Waals surface area contributed by atoms with Gasteiger partial charge in [-0.2, -0.15) is 18.0 Å². The predicted octanol–water partition coefficient (Wildman–Crippen LogP) is 4.12. The fraction of sp³-hybridized carbons (Fsp3) is 0.300. The second kappa shape index (κ2) is 7.18. The van der Waals surface area contributed by atoms with Gasteiger partial charge in [0.05, 0.1) is 5.56 Å². The quantitative estimate of drug-likeness (QED) is 0.633. The molecule has 0 bridgehead atoms. The number of Topliss-reactive ketones (excluding diaryl/α,β-unsaturated/α-hetero) is 1. The molecule has 0 fully saturated rings. The minimum absolute atomic E-state index is 0.0457. The number of aryl methyl sites for hydroxylation is 2. The van der Waals surface area contributed by atoms with E-state index in [1.165, 1.54) is 29.7 Å². The maximum absolute atomic E-state index is 12.9. The number of rotatable bonds is 4. The molecule has 1 heterocycles. The molecule has 0 saturated heterocycles. The van der Waals surface area contributed by atoms with Crippen LogP contribution in [0, 0.1) is 0 Å². The van der Waals surface area contributed by atoms with Gasteiger partial charge in [0.2, 0.25) is 5.82 Å². The lowest BCUT2D eigenvalue weighted by Crippen LogP contribution is -2.14. The molecule has 0 amide bonds. The number of nitrogens with zero attached hydrogens (tertiary/aromatic N) is 4. The van der Waals surface area contributed by atoms with Crippen LogP contribution in [-0.4, -0.2) is 26.0 Å². The van der Waals surface area contributed by atoms with Crippen molar-refractivity contribution in [2.24, 2.45) is 0 Å². The van der Waals surface area contributed by atoms with E-state index in [2.05, 4.69) is 15.4 Å². The zero-order chi connectivity index (χ0) is 19.7. The fourth-order valence-corrected chi connectivity index (χ4v) is 3.39. The number of hydrogen-bond donors (Lipinski definition) is 0. The lowest BCUT2D eigenvalue weighted by Gasteiger charge is -2.16. The van der Waals surface area contributed by atoms with Gasteiger partial charge in [-0.3, -0.25) is 4.79 Å². The third-order valence-corrected chi connectivity index (χ3v) is 4.86. The third kappa shape index (κ3) is 3.81. The minimum atomic E-state index is -4.45. The summed E-state index contributed by atoms with van der Waals surface area (Å²) in [7, 11) is 0. The van der Waals surface area contributed by atoms with Gasteiger partial charge in [-0.25, -0.2) is 0 Å². The van der Waals surface area contributed by atoms with Crippen LogP contribution in [0.2, 0.25) is 0 Å². The van der Waals surface area contributed by atoms with E-state index < -0.39 is 11.7 Å². The molecule has 3 aromatic rings. The number of hydrogen-bond acceptors (Lipinski definition) is 4. The van der Waals surface area contributed by atoms with Crippen LogP contribution in [0.5, 0.6) is 0 Å². The van der Waals surface area contributed by atoms with Crippen molar-refractivity contribution in [3.8, 4) is 11.4 Å². The summed E-state index contributed by atoms with van der Waals surface area (Å²) >= 11 is 0. The van der Waals surface area contributed by atoms with Crippen molar-refractivity contribution >= 4 is 5.78 Å². The largest absolute Gasteiger partial charge is 0.416 e. The van der Waals surface area contributed by atoms with Gasteiger partial charge in [0, 0.05) is 11.1 Å². The molecule has 0 N–H and O–H groups in total. The Kier molecular flexibility index (Phi) is 4.70. The molecule has 0 unspecified atom stereocenters. The number of ketones is 1. The molecule has 0 radical (unpaired) electrons. The molecule has 0 spiro atoms. The van der Waals surface area contributed by atoms with Gasteiger partial charge in [-0.15, -0.1) is 10.2 Å². The molecule has 1 aliphatic carbocycles. The van der Waals surface area contributed by atoms with Crippen molar-refractivity contribution in [2.45, 2.75) is 38.4 Å². The van der Waals surface area contributed by atoms with Crippen molar-refractivity contribution in [1.82, 2.24) is 20.2 Å². The van der Waals surface area contributed by atoms with Crippen molar-refractivity contribution < 1.29 is 18.0 Å². The van der Waals surface area contributed by atoms with Crippen molar-refractivity contribution in [2.75, 3.05) is 0 Å². The van der Waals surface area contributed by atoms with Crippen LogP contribution in [0.25, 0.3) is 11.4 Å². The number of alkyl halides is 3. The van der Waals surface area contributed by atoms with Gasteiger partial charge in [-0.1, -0.05) is 24.3 Å². The highest BCUT2D eigenvalue weighted by Crippen LogP contribution is 2.31. The van der Waals surface area contributed by atoms with E-state index >= 15 is 0 Å². The Morgan fingerprint density at radius 2 is 1.82 bits per heavy atom. The average molecular weight is 386 g/mol.